The van der Waals surface area contributed by atoms with Crippen LogP contribution in [0.3, 0.4) is 0 Å². The number of carbonyl (C=O) groups excluding carboxylic acids is 2. The Bertz CT molecular complexity index is 1100. The van der Waals surface area contributed by atoms with Crippen LogP contribution in [0.5, 0.6) is 5.75 Å². The van der Waals surface area contributed by atoms with Crippen molar-refractivity contribution in [2.75, 3.05) is 29.1 Å². The second-order valence-electron chi connectivity index (χ2n) is 7.79. The van der Waals surface area contributed by atoms with Crippen molar-refractivity contribution < 1.29 is 14.3 Å². The van der Waals surface area contributed by atoms with Gasteiger partial charge >= 0.3 is 0 Å². The van der Waals surface area contributed by atoms with Crippen LogP contribution < -0.4 is 20.7 Å². The molecule has 2 amide bonds. The van der Waals surface area contributed by atoms with Crippen LogP contribution in [0, 0.1) is 0 Å². The Labute approximate surface area is 194 Å². The van der Waals surface area contributed by atoms with Gasteiger partial charge in [-0.25, -0.2) is 0 Å². The number of ether oxygens (including phenoxy) is 1. The van der Waals surface area contributed by atoms with Gasteiger partial charge in [-0.1, -0.05) is 49.0 Å². The van der Waals surface area contributed by atoms with Crippen LogP contribution in [0.15, 0.2) is 91.0 Å². The molecule has 0 aromatic heterocycles. The number of amides is 2. The molecule has 0 fully saturated rings. The maximum Gasteiger partial charge on any atom is 0.243 e. The van der Waals surface area contributed by atoms with Crippen LogP contribution >= 0.6 is 0 Å². The maximum absolute atomic E-state index is 12.3. The zero-order valence-electron chi connectivity index (χ0n) is 18.8. The highest BCUT2D eigenvalue weighted by atomic mass is 16.5. The van der Waals surface area contributed by atoms with E-state index in [0.29, 0.717) is 36.6 Å². The summed E-state index contributed by atoms with van der Waals surface area (Å²) in [6.45, 7) is 6.22. The Hall–Kier alpha value is -4.06. The third-order valence-corrected chi connectivity index (χ3v) is 4.69. The van der Waals surface area contributed by atoms with Crippen molar-refractivity contribution in [2.24, 2.45) is 0 Å². The van der Waals surface area contributed by atoms with Crippen molar-refractivity contribution >= 4 is 28.9 Å². The molecule has 170 valence electrons. The fourth-order valence-electron chi connectivity index (χ4n) is 3.09. The molecule has 0 bridgehead atoms. The maximum atomic E-state index is 12.3. The van der Waals surface area contributed by atoms with Gasteiger partial charge in [0.25, 0.3) is 0 Å². The lowest BCUT2D eigenvalue weighted by molar-refractivity contribution is -0.116. The van der Waals surface area contributed by atoms with Crippen LogP contribution in [0.4, 0.5) is 17.1 Å². The van der Waals surface area contributed by atoms with Crippen molar-refractivity contribution in [3.05, 3.63) is 96.6 Å². The zero-order valence-corrected chi connectivity index (χ0v) is 18.8. The number of aryl methyl sites for hydroxylation is 1. The Balaban J connectivity index is 1.46. The summed E-state index contributed by atoms with van der Waals surface area (Å²) in [6.07, 6.45) is 1.09. The number of carbonyl (C=O) groups is 2. The van der Waals surface area contributed by atoms with Crippen LogP contribution in [0.1, 0.15) is 18.9 Å². The minimum absolute atomic E-state index is 0.0532. The third-order valence-electron chi connectivity index (χ3n) is 4.69. The van der Waals surface area contributed by atoms with Gasteiger partial charge in [-0.3, -0.25) is 9.59 Å². The van der Waals surface area contributed by atoms with E-state index in [9.17, 15) is 9.59 Å². The number of rotatable bonds is 11. The van der Waals surface area contributed by atoms with E-state index in [2.05, 4.69) is 22.5 Å². The topological polar surface area (TPSA) is 79.5 Å². The molecule has 0 radical (unpaired) electrons. The van der Waals surface area contributed by atoms with Crippen molar-refractivity contribution in [3.63, 3.8) is 0 Å². The summed E-state index contributed by atoms with van der Waals surface area (Å²) in [5, 5.41) is 8.84. The second kappa shape index (κ2) is 12.1. The van der Waals surface area contributed by atoms with Gasteiger partial charge in [-0.15, -0.1) is 0 Å². The van der Waals surface area contributed by atoms with Crippen LogP contribution in [0.25, 0.3) is 0 Å². The molecule has 0 aliphatic rings. The first-order valence-electron chi connectivity index (χ1n) is 10.8. The van der Waals surface area contributed by atoms with Gasteiger partial charge < -0.3 is 20.7 Å². The first kappa shape index (κ1) is 23.6. The fraction of sp³-hybridized carbons (Fsp3) is 0.185. The largest absolute Gasteiger partial charge is 0.489 e. The van der Waals surface area contributed by atoms with E-state index in [1.54, 1.807) is 18.2 Å². The Kier molecular flexibility index (Phi) is 8.65. The average Bonchev–Trinajstić information content (AvgIpc) is 2.81. The standard InChI is InChI=1S/C27H29N3O3/c1-20(2)19-33-25-13-7-12-24(17-25)30-27(32)18-28-22-10-6-11-23(16-22)29-26(31)15-14-21-8-4-3-5-9-21/h3-13,16-17,28H,1,14-15,18-19H2,2H3,(H,29,31)(H,30,32). The van der Waals surface area contributed by atoms with E-state index in [1.807, 2.05) is 67.6 Å². The predicted octanol–water partition coefficient (Wildman–Crippen LogP) is 5.26. The van der Waals surface area contributed by atoms with Crippen LogP contribution in [0.2, 0.25) is 0 Å². The summed E-state index contributed by atoms with van der Waals surface area (Å²) >= 11 is 0. The lowest BCUT2D eigenvalue weighted by Gasteiger charge is -2.11. The quantitative estimate of drug-likeness (QED) is 0.353. The second-order valence-corrected chi connectivity index (χ2v) is 7.79. The molecule has 0 aliphatic heterocycles. The first-order chi connectivity index (χ1) is 16.0. The van der Waals surface area contributed by atoms with Gasteiger partial charge in [-0.05, 0) is 54.8 Å². The Morgan fingerprint density at radius 1 is 0.818 bits per heavy atom. The first-order valence-corrected chi connectivity index (χ1v) is 10.8. The molecule has 0 aliphatic carbocycles. The minimum atomic E-state index is -0.190. The third kappa shape index (κ3) is 8.53. The summed E-state index contributed by atoms with van der Waals surface area (Å²) < 4.78 is 5.61. The summed E-state index contributed by atoms with van der Waals surface area (Å²) in [5.41, 5.74) is 4.12. The molecule has 0 unspecified atom stereocenters. The number of hydrogen-bond acceptors (Lipinski definition) is 4. The molecule has 3 aromatic rings. The van der Waals surface area contributed by atoms with E-state index in [0.717, 1.165) is 16.8 Å². The molecule has 6 heteroatoms. The molecule has 0 saturated carbocycles. The van der Waals surface area contributed by atoms with Gasteiger partial charge in [-0.2, -0.15) is 0 Å². The number of anilines is 3. The van der Waals surface area contributed by atoms with Gasteiger partial charge in [0.15, 0.2) is 0 Å². The van der Waals surface area contributed by atoms with E-state index in [-0.39, 0.29) is 18.4 Å². The summed E-state index contributed by atoms with van der Waals surface area (Å²) in [6, 6.07) is 24.4. The molecular formula is C27H29N3O3. The lowest BCUT2D eigenvalue weighted by Crippen LogP contribution is -2.21. The molecule has 0 saturated heterocycles. The van der Waals surface area contributed by atoms with Crippen molar-refractivity contribution in [1.29, 1.82) is 0 Å². The van der Waals surface area contributed by atoms with Crippen molar-refractivity contribution in [2.45, 2.75) is 19.8 Å². The van der Waals surface area contributed by atoms with E-state index in [1.165, 1.54) is 0 Å². The summed E-state index contributed by atoms with van der Waals surface area (Å²) in [5.74, 6) is 0.423. The molecule has 0 spiro atoms. The minimum Gasteiger partial charge on any atom is -0.489 e. The van der Waals surface area contributed by atoms with E-state index >= 15 is 0 Å². The SMILES string of the molecule is C=C(C)COc1cccc(NC(=O)CNc2cccc(NC(=O)CCc3ccccc3)c2)c1. The smallest absolute Gasteiger partial charge is 0.243 e. The molecule has 3 N–H and O–H groups in total. The van der Waals surface area contributed by atoms with Gasteiger partial charge in [0.2, 0.25) is 11.8 Å². The van der Waals surface area contributed by atoms with Gasteiger partial charge in [0.1, 0.15) is 12.4 Å². The number of nitrogens with one attached hydrogen (secondary N) is 3. The Morgan fingerprint density at radius 2 is 1.48 bits per heavy atom. The zero-order chi connectivity index (χ0) is 23.5. The molecule has 3 rings (SSSR count). The summed E-state index contributed by atoms with van der Waals surface area (Å²) in [7, 11) is 0. The van der Waals surface area contributed by atoms with Gasteiger partial charge in [0, 0.05) is 29.5 Å². The molecule has 33 heavy (non-hydrogen) atoms. The fourth-order valence-corrected chi connectivity index (χ4v) is 3.09. The number of benzene rings is 3. The average molecular weight is 444 g/mol. The van der Waals surface area contributed by atoms with E-state index in [4.69, 9.17) is 4.74 Å². The van der Waals surface area contributed by atoms with Crippen molar-refractivity contribution in [1.82, 2.24) is 0 Å². The molecule has 6 nitrogen and oxygen atoms in total. The van der Waals surface area contributed by atoms with Crippen LogP contribution in [-0.4, -0.2) is 25.0 Å². The lowest BCUT2D eigenvalue weighted by atomic mass is 10.1. The molecule has 0 atom stereocenters. The van der Waals surface area contributed by atoms with Crippen molar-refractivity contribution in [3.8, 4) is 5.75 Å². The number of hydrogen-bond donors (Lipinski definition) is 3. The molecule has 0 heterocycles. The molecular weight excluding hydrogens is 414 g/mol. The Morgan fingerprint density at radius 3 is 2.24 bits per heavy atom. The summed E-state index contributed by atoms with van der Waals surface area (Å²) in [4.78, 5) is 24.6. The molecule has 3 aromatic carbocycles. The highest BCUT2D eigenvalue weighted by Gasteiger charge is 2.06. The monoisotopic (exact) mass is 443 g/mol. The normalized spacial score (nSPS) is 10.2. The highest BCUT2D eigenvalue weighted by molar-refractivity contribution is 5.94. The van der Waals surface area contributed by atoms with Gasteiger partial charge in [0.05, 0.1) is 6.54 Å². The van der Waals surface area contributed by atoms with Crippen LogP contribution in [-0.2, 0) is 16.0 Å². The predicted molar refractivity (Wildman–Crippen MR) is 134 cm³/mol. The van der Waals surface area contributed by atoms with E-state index < -0.39 is 0 Å². The highest BCUT2D eigenvalue weighted by Crippen LogP contribution is 2.18.